The predicted molar refractivity (Wildman–Crippen MR) is 52.7 cm³/mol. The normalized spacial score (nSPS) is 10.8. The van der Waals surface area contributed by atoms with E-state index in [2.05, 4.69) is 5.32 Å². The topological polar surface area (TPSA) is 52.5 Å². The van der Waals surface area contributed by atoms with Gasteiger partial charge in [-0.25, -0.2) is 0 Å². The lowest BCUT2D eigenvalue weighted by Crippen LogP contribution is -2.03. The Labute approximate surface area is 77.3 Å². The van der Waals surface area contributed by atoms with Gasteiger partial charge in [-0.15, -0.1) is 0 Å². The summed E-state index contributed by atoms with van der Waals surface area (Å²) in [7, 11) is 1.84. The summed E-state index contributed by atoms with van der Waals surface area (Å²) >= 11 is 0. The number of likely N-dealkylation sites (N-methyl/N-ethyl adjacent to an activating group) is 1. The van der Waals surface area contributed by atoms with Crippen molar-refractivity contribution in [2.75, 3.05) is 13.6 Å². The standard InChI is InChI=1S/C10H13NO2/c1-11-7-3-5-8-4-2-6-9(12)10(8)13/h2-6,11-13H,7H2,1H3. The van der Waals surface area contributed by atoms with Gasteiger partial charge in [0.2, 0.25) is 0 Å². The molecule has 3 N–H and O–H groups in total. The number of aromatic hydroxyl groups is 2. The molecule has 0 aliphatic rings. The molecule has 0 saturated heterocycles. The van der Waals surface area contributed by atoms with Crippen LogP contribution in [0.3, 0.4) is 0 Å². The molecule has 13 heavy (non-hydrogen) atoms. The highest BCUT2D eigenvalue weighted by atomic mass is 16.3. The van der Waals surface area contributed by atoms with Crippen LogP contribution in [-0.4, -0.2) is 23.8 Å². The Morgan fingerprint density at radius 3 is 2.85 bits per heavy atom. The molecule has 0 unspecified atom stereocenters. The van der Waals surface area contributed by atoms with Crippen LogP contribution >= 0.6 is 0 Å². The molecule has 0 heterocycles. The number of para-hydroxylation sites is 1. The summed E-state index contributed by atoms with van der Waals surface area (Å²) in [5.41, 5.74) is 0.621. The third-order valence-corrected chi connectivity index (χ3v) is 1.67. The molecule has 0 aliphatic carbocycles. The lowest BCUT2D eigenvalue weighted by molar-refractivity contribution is 0.403. The van der Waals surface area contributed by atoms with Crippen molar-refractivity contribution in [1.29, 1.82) is 0 Å². The van der Waals surface area contributed by atoms with Crippen molar-refractivity contribution >= 4 is 6.08 Å². The second-order valence-electron chi connectivity index (χ2n) is 2.68. The first kappa shape index (κ1) is 9.61. The molecule has 0 amide bonds. The van der Waals surface area contributed by atoms with Crippen LogP contribution < -0.4 is 5.32 Å². The molecule has 0 spiro atoms. The number of rotatable bonds is 3. The number of hydrogen-bond acceptors (Lipinski definition) is 3. The molecule has 1 aromatic carbocycles. The second-order valence-corrected chi connectivity index (χ2v) is 2.68. The van der Waals surface area contributed by atoms with Crippen LogP contribution in [0.1, 0.15) is 5.56 Å². The summed E-state index contributed by atoms with van der Waals surface area (Å²) in [4.78, 5) is 0. The van der Waals surface area contributed by atoms with E-state index in [9.17, 15) is 5.11 Å². The Bertz CT molecular complexity index is 308. The Kier molecular flexibility index (Phi) is 3.34. The smallest absolute Gasteiger partial charge is 0.164 e. The number of nitrogens with one attached hydrogen (secondary N) is 1. The van der Waals surface area contributed by atoms with Gasteiger partial charge in [-0.1, -0.05) is 24.3 Å². The monoisotopic (exact) mass is 179 g/mol. The average molecular weight is 179 g/mol. The SMILES string of the molecule is CNCC=Cc1cccc(O)c1O. The van der Waals surface area contributed by atoms with E-state index in [0.717, 1.165) is 6.54 Å². The summed E-state index contributed by atoms with van der Waals surface area (Å²) in [5, 5.41) is 21.5. The summed E-state index contributed by atoms with van der Waals surface area (Å²) in [6.07, 6.45) is 3.63. The van der Waals surface area contributed by atoms with Crippen molar-refractivity contribution in [2.45, 2.75) is 0 Å². The Morgan fingerprint density at radius 2 is 2.15 bits per heavy atom. The zero-order chi connectivity index (χ0) is 9.68. The van der Waals surface area contributed by atoms with Crippen molar-refractivity contribution in [3.63, 3.8) is 0 Å². The van der Waals surface area contributed by atoms with Gasteiger partial charge in [0.1, 0.15) is 0 Å². The van der Waals surface area contributed by atoms with Crippen molar-refractivity contribution in [1.82, 2.24) is 5.32 Å². The van der Waals surface area contributed by atoms with Crippen LogP contribution in [0.4, 0.5) is 0 Å². The molecule has 0 bridgehead atoms. The molecule has 0 aromatic heterocycles. The maximum atomic E-state index is 9.38. The van der Waals surface area contributed by atoms with Crippen LogP contribution in [0, 0.1) is 0 Å². The summed E-state index contributed by atoms with van der Waals surface area (Å²) in [5.74, 6) is -0.165. The van der Waals surface area contributed by atoms with E-state index in [1.54, 1.807) is 18.2 Å². The highest BCUT2D eigenvalue weighted by molar-refractivity contribution is 5.61. The average Bonchev–Trinajstić information content (AvgIpc) is 2.13. The molecule has 3 heteroatoms. The van der Waals surface area contributed by atoms with Gasteiger partial charge >= 0.3 is 0 Å². The Hall–Kier alpha value is -1.48. The van der Waals surface area contributed by atoms with Gasteiger partial charge in [-0.3, -0.25) is 0 Å². The van der Waals surface area contributed by atoms with Gasteiger partial charge < -0.3 is 15.5 Å². The van der Waals surface area contributed by atoms with Crippen molar-refractivity contribution in [3.05, 3.63) is 29.8 Å². The first-order chi connectivity index (χ1) is 6.25. The number of benzene rings is 1. The predicted octanol–water partition coefficient (Wildman–Crippen LogP) is 1.33. The number of phenols is 2. The molecule has 0 fully saturated rings. The van der Waals surface area contributed by atoms with Crippen molar-refractivity contribution < 1.29 is 10.2 Å². The molecule has 0 radical (unpaired) electrons. The number of hydrogen-bond donors (Lipinski definition) is 3. The van der Waals surface area contributed by atoms with E-state index in [1.807, 2.05) is 13.1 Å². The van der Waals surface area contributed by atoms with Crippen molar-refractivity contribution in [3.8, 4) is 11.5 Å². The van der Waals surface area contributed by atoms with Gasteiger partial charge in [0, 0.05) is 12.1 Å². The van der Waals surface area contributed by atoms with E-state index < -0.39 is 0 Å². The fraction of sp³-hybridized carbons (Fsp3) is 0.200. The van der Waals surface area contributed by atoms with E-state index >= 15 is 0 Å². The van der Waals surface area contributed by atoms with Gasteiger partial charge in [0.15, 0.2) is 11.5 Å². The molecule has 1 rings (SSSR count). The largest absolute Gasteiger partial charge is 0.504 e. The fourth-order valence-corrected chi connectivity index (χ4v) is 0.987. The fourth-order valence-electron chi connectivity index (χ4n) is 0.987. The van der Waals surface area contributed by atoms with Crippen molar-refractivity contribution in [2.24, 2.45) is 0 Å². The number of phenolic OH excluding ortho intramolecular Hbond substituents is 2. The van der Waals surface area contributed by atoms with Crippen LogP contribution in [0.5, 0.6) is 11.5 Å². The van der Waals surface area contributed by atoms with E-state index in [1.165, 1.54) is 6.07 Å². The quantitative estimate of drug-likeness (QED) is 0.613. The van der Waals surface area contributed by atoms with Crippen LogP contribution in [-0.2, 0) is 0 Å². The lowest BCUT2D eigenvalue weighted by Gasteiger charge is -2.00. The third-order valence-electron chi connectivity index (χ3n) is 1.67. The first-order valence-electron chi connectivity index (χ1n) is 4.08. The highest BCUT2D eigenvalue weighted by Crippen LogP contribution is 2.28. The minimum absolute atomic E-state index is 0.0742. The molecule has 0 atom stereocenters. The van der Waals surface area contributed by atoms with E-state index in [0.29, 0.717) is 5.56 Å². The molecule has 0 saturated carbocycles. The van der Waals surface area contributed by atoms with Crippen LogP contribution in [0.15, 0.2) is 24.3 Å². The summed E-state index contributed by atoms with van der Waals surface area (Å²) in [6.45, 7) is 0.731. The first-order valence-corrected chi connectivity index (χ1v) is 4.08. The molecule has 3 nitrogen and oxygen atoms in total. The summed E-state index contributed by atoms with van der Waals surface area (Å²) in [6, 6.07) is 4.88. The molecule has 1 aromatic rings. The zero-order valence-electron chi connectivity index (χ0n) is 7.49. The van der Waals surface area contributed by atoms with E-state index in [4.69, 9.17) is 5.11 Å². The molecule has 0 aliphatic heterocycles. The molecular formula is C10H13NO2. The van der Waals surface area contributed by atoms with Gasteiger partial charge in [0.25, 0.3) is 0 Å². The Balaban J connectivity index is 2.83. The second kappa shape index (κ2) is 4.52. The van der Waals surface area contributed by atoms with Crippen LogP contribution in [0.2, 0.25) is 0 Å². The van der Waals surface area contributed by atoms with Gasteiger partial charge in [-0.05, 0) is 13.1 Å². The van der Waals surface area contributed by atoms with E-state index in [-0.39, 0.29) is 11.5 Å². The Morgan fingerprint density at radius 1 is 1.38 bits per heavy atom. The maximum Gasteiger partial charge on any atom is 0.164 e. The summed E-state index contributed by atoms with van der Waals surface area (Å²) < 4.78 is 0. The zero-order valence-corrected chi connectivity index (χ0v) is 7.49. The maximum absolute atomic E-state index is 9.38. The molecular weight excluding hydrogens is 166 g/mol. The van der Waals surface area contributed by atoms with Crippen LogP contribution in [0.25, 0.3) is 6.08 Å². The molecule has 70 valence electrons. The minimum atomic E-state index is -0.0911. The lowest BCUT2D eigenvalue weighted by atomic mass is 10.2. The van der Waals surface area contributed by atoms with Gasteiger partial charge in [-0.2, -0.15) is 0 Å². The third kappa shape index (κ3) is 2.49. The highest BCUT2D eigenvalue weighted by Gasteiger charge is 2.00. The minimum Gasteiger partial charge on any atom is -0.504 e. The van der Waals surface area contributed by atoms with Gasteiger partial charge in [0.05, 0.1) is 0 Å².